The van der Waals surface area contributed by atoms with Crippen LogP contribution >= 0.6 is 0 Å². The maximum absolute atomic E-state index is 10.1. The Morgan fingerprint density at radius 1 is 1.30 bits per heavy atom. The molecule has 2 aromatic rings. The van der Waals surface area contributed by atoms with Crippen LogP contribution in [0, 0.1) is 11.3 Å². The number of rotatable bonds is 8. The predicted molar refractivity (Wildman–Crippen MR) is 106 cm³/mol. The summed E-state index contributed by atoms with van der Waals surface area (Å²) in [4.78, 5) is 2.25. The van der Waals surface area contributed by atoms with Gasteiger partial charge in [-0.05, 0) is 43.4 Å². The molecule has 0 radical (unpaired) electrons. The lowest BCUT2D eigenvalue weighted by atomic mass is 9.99. The first-order valence-corrected chi connectivity index (χ1v) is 9.49. The topological polar surface area (TPSA) is 82.5 Å². The average Bonchev–Trinajstić information content (AvgIpc) is 3.07. The predicted octanol–water partition coefficient (Wildman–Crippen LogP) is 2.91. The normalized spacial score (nSPS) is 15.3. The molecule has 0 bridgehead atoms. The second-order valence-electron chi connectivity index (χ2n) is 7.17. The Bertz CT molecular complexity index is 799. The number of hydrogen-bond acceptors (Lipinski definition) is 5. The molecule has 1 aliphatic heterocycles. The summed E-state index contributed by atoms with van der Waals surface area (Å²) in [6, 6.07) is 16.0. The van der Waals surface area contributed by atoms with Crippen LogP contribution in [0.5, 0.6) is 0 Å². The molecule has 5 nitrogen and oxygen atoms in total. The molecule has 0 fully saturated rings. The summed E-state index contributed by atoms with van der Waals surface area (Å²) >= 11 is 0. The zero-order valence-electron chi connectivity index (χ0n) is 15.8. The highest BCUT2D eigenvalue weighted by atomic mass is 16.6. The van der Waals surface area contributed by atoms with Crippen molar-refractivity contribution in [2.24, 2.45) is 5.73 Å². The fourth-order valence-corrected chi connectivity index (χ4v) is 3.65. The fourth-order valence-electron chi connectivity index (χ4n) is 3.65. The third kappa shape index (κ3) is 4.86. The monoisotopic (exact) mass is 365 g/mol. The number of nitrogens with two attached hydrogens (primary N) is 1. The van der Waals surface area contributed by atoms with Crippen molar-refractivity contribution in [2.45, 2.75) is 38.5 Å². The number of hydrogen-bond donors (Lipinski definition) is 2. The lowest BCUT2D eigenvalue weighted by Gasteiger charge is -2.21. The van der Waals surface area contributed by atoms with Crippen LogP contribution in [0.25, 0.3) is 0 Å². The summed E-state index contributed by atoms with van der Waals surface area (Å²) in [6.45, 7) is 4.16. The van der Waals surface area contributed by atoms with Gasteiger partial charge in [-0.25, -0.2) is 0 Å². The van der Waals surface area contributed by atoms with Gasteiger partial charge in [-0.1, -0.05) is 36.4 Å². The Labute approximate surface area is 161 Å². The van der Waals surface area contributed by atoms with Crippen molar-refractivity contribution in [1.82, 2.24) is 0 Å². The number of nitrogens with zero attached hydrogens (tertiary/aromatic N) is 2. The van der Waals surface area contributed by atoms with Gasteiger partial charge >= 0.3 is 0 Å². The van der Waals surface area contributed by atoms with Gasteiger partial charge in [0.25, 0.3) is 0 Å². The van der Waals surface area contributed by atoms with E-state index in [1.807, 2.05) is 43.3 Å². The van der Waals surface area contributed by atoms with Gasteiger partial charge in [0.1, 0.15) is 6.07 Å². The van der Waals surface area contributed by atoms with Gasteiger partial charge < -0.3 is 20.5 Å². The SMILES string of the molecule is CC(N)Cc1cc(C#N)c2c(c1)CCN2CCCOC(O)c1ccccc1. The van der Waals surface area contributed by atoms with Gasteiger partial charge in [-0.2, -0.15) is 5.26 Å². The van der Waals surface area contributed by atoms with Crippen molar-refractivity contribution < 1.29 is 9.84 Å². The number of ether oxygens (including phenoxy) is 1. The van der Waals surface area contributed by atoms with Gasteiger partial charge in [-0.3, -0.25) is 0 Å². The van der Waals surface area contributed by atoms with Gasteiger partial charge in [0.2, 0.25) is 0 Å². The van der Waals surface area contributed by atoms with Crippen LogP contribution in [0.4, 0.5) is 5.69 Å². The molecule has 3 N–H and O–H groups in total. The molecule has 1 heterocycles. The number of aliphatic hydroxyl groups excluding tert-OH is 1. The third-order valence-electron chi connectivity index (χ3n) is 4.83. The molecule has 2 unspecified atom stereocenters. The zero-order chi connectivity index (χ0) is 19.2. The molecule has 5 heteroatoms. The Hall–Kier alpha value is -2.39. The largest absolute Gasteiger partial charge is 0.370 e. The summed E-state index contributed by atoms with van der Waals surface area (Å²) in [5.74, 6) is 0. The van der Waals surface area contributed by atoms with E-state index in [-0.39, 0.29) is 6.04 Å². The van der Waals surface area contributed by atoms with Crippen LogP contribution in [-0.2, 0) is 17.6 Å². The summed E-state index contributed by atoms with van der Waals surface area (Å²) in [5, 5.41) is 19.6. The van der Waals surface area contributed by atoms with Gasteiger partial charge in [0, 0.05) is 24.7 Å². The highest BCUT2D eigenvalue weighted by Crippen LogP contribution is 2.33. The Morgan fingerprint density at radius 3 is 2.78 bits per heavy atom. The van der Waals surface area contributed by atoms with Crippen molar-refractivity contribution in [2.75, 3.05) is 24.6 Å². The molecule has 2 atom stereocenters. The fraction of sp³-hybridized carbons (Fsp3) is 0.409. The number of benzene rings is 2. The molecule has 1 aliphatic rings. The van der Waals surface area contributed by atoms with Gasteiger partial charge in [0.05, 0.1) is 17.9 Å². The minimum absolute atomic E-state index is 0.0836. The Kier molecular flexibility index (Phi) is 6.46. The molecule has 3 rings (SSSR count). The molecule has 142 valence electrons. The average molecular weight is 365 g/mol. The summed E-state index contributed by atoms with van der Waals surface area (Å²) in [6.07, 6.45) is 1.63. The van der Waals surface area contributed by atoms with E-state index in [2.05, 4.69) is 17.0 Å². The standard InChI is InChI=1S/C22H27N3O2/c1-16(24)12-17-13-19-8-10-25(21(19)20(14-17)15-23)9-5-11-27-22(26)18-6-3-2-4-7-18/h2-4,6-7,13-14,16,22,26H,5,8-12,24H2,1H3. The highest BCUT2D eigenvalue weighted by Gasteiger charge is 2.23. The van der Waals surface area contributed by atoms with Gasteiger partial charge in [0.15, 0.2) is 6.29 Å². The Balaban J connectivity index is 1.57. The quantitative estimate of drug-likeness (QED) is 0.555. The smallest absolute Gasteiger partial charge is 0.181 e. The van der Waals surface area contributed by atoms with Crippen molar-refractivity contribution in [3.05, 3.63) is 64.7 Å². The van der Waals surface area contributed by atoms with Crippen LogP contribution in [0.15, 0.2) is 42.5 Å². The molecule has 0 saturated heterocycles. The van der Waals surface area contributed by atoms with E-state index < -0.39 is 6.29 Å². The Morgan fingerprint density at radius 2 is 2.07 bits per heavy atom. The lowest BCUT2D eigenvalue weighted by molar-refractivity contribution is -0.103. The molecule has 0 aliphatic carbocycles. The molecule has 0 amide bonds. The van der Waals surface area contributed by atoms with E-state index in [1.54, 1.807) is 0 Å². The second kappa shape index (κ2) is 9.01. The zero-order valence-corrected chi connectivity index (χ0v) is 15.8. The van der Waals surface area contributed by atoms with E-state index in [0.29, 0.717) is 6.61 Å². The molecule has 0 spiro atoms. The highest BCUT2D eigenvalue weighted by molar-refractivity contribution is 5.68. The summed E-state index contributed by atoms with van der Waals surface area (Å²) in [5.41, 5.74) is 10.8. The van der Waals surface area contributed by atoms with Crippen molar-refractivity contribution in [3.8, 4) is 6.07 Å². The van der Waals surface area contributed by atoms with E-state index >= 15 is 0 Å². The van der Waals surface area contributed by atoms with Crippen molar-refractivity contribution in [3.63, 3.8) is 0 Å². The number of aliphatic hydroxyl groups is 1. The molecular weight excluding hydrogens is 338 g/mol. The number of anilines is 1. The molecule has 0 saturated carbocycles. The molecule has 2 aromatic carbocycles. The van der Waals surface area contributed by atoms with Crippen molar-refractivity contribution >= 4 is 5.69 Å². The van der Waals surface area contributed by atoms with Crippen LogP contribution in [0.1, 0.15) is 41.9 Å². The van der Waals surface area contributed by atoms with Crippen LogP contribution in [0.3, 0.4) is 0 Å². The minimum atomic E-state index is -0.896. The molecular formula is C22H27N3O2. The number of nitriles is 1. The number of fused-ring (bicyclic) bond motifs is 1. The first-order chi connectivity index (χ1) is 13.1. The van der Waals surface area contributed by atoms with Crippen LogP contribution in [0.2, 0.25) is 0 Å². The van der Waals surface area contributed by atoms with E-state index in [0.717, 1.165) is 54.7 Å². The third-order valence-corrected chi connectivity index (χ3v) is 4.83. The summed E-state index contributed by atoms with van der Waals surface area (Å²) in [7, 11) is 0. The van der Waals surface area contributed by atoms with Gasteiger partial charge in [-0.15, -0.1) is 0 Å². The molecule has 27 heavy (non-hydrogen) atoms. The van der Waals surface area contributed by atoms with Crippen molar-refractivity contribution in [1.29, 1.82) is 5.26 Å². The first kappa shape index (κ1) is 19.4. The summed E-state index contributed by atoms with van der Waals surface area (Å²) < 4.78 is 5.55. The van der Waals surface area contributed by atoms with E-state index in [9.17, 15) is 10.4 Å². The van der Waals surface area contributed by atoms with E-state index in [1.165, 1.54) is 5.56 Å². The lowest BCUT2D eigenvalue weighted by Crippen LogP contribution is -2.24. The first-order valence-electron chi connectivity index (χ1n) is 9.49. The maximum Gasteiger partial charge on any atom is 0.181 e. The van der Waals surface area contributed by atoms with E-state index in [4.69, 9.17) is 10.5 Å². The van der Waals surface area contributed by atoms with Crippen LogP contribution < -0.4 is 10.6 Å². The second-order valence-corrected chi connectivity index (χ2v) is 7.17. The van der Waals surface area contributed by atoms with Crippen LogP contribution in [-0.4, -0.2) is 30.8 Å². The maximum atomic E-state index is 10.1. The molecule has 0 aromatic heterocycles. The minimum Gasteiger partial charge on any atom is -0.370 e.